The molecule has 0 aliphatic heterocycles. The summed E-state index contributed by atoms with van der Waals surface area (Å²) in [4.78, 5) is 0. The van der Waals surface area contributed by atoms with E-state index in [9.17, 15) is 0 Å². The van der Waals surface area contributed by atoms with Crippen molar-refractivity contribution in [2.24, 2.45) is 0 Å². The standard InChI is InChI=1S/3FH.Ti/h3*1H;/q;;;+3/p-3. The molecule has 0 N–H and O–H groups in total. The van der Waals surface area contributed by atoms with Gasteiger partial charge >= 0.3 is 21.7 Å². The molecule has 0 atom stereocenters. The van der Waals surface area contributed by atoms with E-state index in [2.05, 4.69) is 0 Å². The quantitative estimate of drug-likeness (QED) is 0.268. The van der Waals surface area contributed by atoms with Crippen LogP contribution >= 0.6 is 0 Å². The van der Waals surface area contributed by atoms with Crippen molar-refractivity contribution in [2.45, 2.75) is 0 Å². The minimum absolute atomic E-state index is 0. The van der Waals surface area contributed by atoms with Crippen molar-refractivity contribution in [1.82, 2.24) is 0 Å². The summed E-state index contributed by atoms with van der Waals surface area (Å²) < 4.78 is 0. The van der Waals surface area contributed by atoms with Gasteiger partial charge in [-0.2, -0.15) is 0 Å². The molecule has 0 aromatic heterocycles. The molecule has 25 valence electrons. The van der Waals surface area contributed by atoms with Crippen LogP contribution in [-0.2, 0) is 21.7 Å². The Kier molecular flexibility index (Phi) is 4700. The largest absolute Gasteiger partial charge is 3.00 e. The van der Waals surface area contributed by atoms with Crippen molar-refractivity contribution in [3.05, 3.63) is 0 Å². The SMILES string of the molecule is [F-].[F-].[F-].[Ti+3]. The molecule has 0 fully saturated rings. The van der Waals surface area contributed by atoms with Crippen molar-refractivity contribution in [3.63, 3.8) is 0 Å². The fourth-order valence-electron chi connectivity index (χ4n) is 0. The summed E-state index contributed by atoms with van der Waals surface area (Å²) in [6, 6.07) is 0. The summed E-state index contributed by atoms with van der Waals surface area (Å²) in [6.07, 6.45) is 0. The van der Waals surface area contributed by atoms with Crippen molar-refractivity contribution < 1.29 is 35.8 Å². The summed E-state index contributed by atoms with van der Waals surface area (Å²) in [5, 5.41) is 0. The maximum atomic E-state index is 0. The first kappa shape index (κ1) is 218. The average Bonchev–Trinajstić information content (AvgIpc) is 0. The Bertz CT molecular complexity index is 3.25. The van der Waals surface area contributed by atoms with Crippen LogP contribution in [0, 0.1) is 0 Å². The van der Waals surface area contributed by atoms with Gasteiger partial charge in [-0.1, -0.05) is 0 Å². The van der Waals surface area contributed by atoms with E-state index in [4.69, 9.17) is 0 Å². The smallest absolute Gasteiger partial charge is 1.00 e. The summed E-state index contributed by atoms with van der Waals surface area (Å²) >= 11 is 0. The molecule has 0 aliphatic rings. The first-order chi connectivity index (χ1) is 0. The molecule has 0 bridgehead atoms. The Morgan fingerprint density at radius 3 is 0.500 bits per heavy atom. The molecule has 0 heterocycles. The molecule has 0 aliphatic carbocycles. The summed E-state index contributed by atoms with van der Waals surface area (Å²) in [6.45, 7) is 0. The van der Waals surface area contributed by atoms with Gasteiger partial charge in [0.15, 0.2) is 0 Å². The van der Waals surface area contributed by atoms with Gasteiger partial charge < -0.3 is 14.1 Å². The second kappa shape index (κ2) is 86.4. The zero-order chi connectivity index (χ0) is 0. The van der Waals surface area contributed by atoms with E-state index in [-0.39, 0.29) is 35.8 Å². The molecule has 4 heavy (non-hydrogen) atoms. The number of halogens is 3. The Morgan fingerprint density at radius 2 is 0.500 bits per heavy atom. The molecular formula is F3Ti. The molecule has 0 rings (SSSR count). The predicted octanol–water partition coefficient (Wildman–Crippen LogP) is -8.99. The third-order valence-corrected chi connectivity index (χ3v) is 0. The summed E-state index contributed by atoms with van der Waals surface area (Å²) in [7, 11) is 0. The van der Waals surface area contributed by atoms with Crippen LogP contribution in [0.2, 0.25) is 0 Å². The topological polar surface area (TPSA) is 0 Å². The molecule has 0 saturated carbocycles. The second-order valence-electron chi connectivity index (χ2n) is 0. The van der Waals surface area contributed by atoms with Gasteiger partial charge in [0.2, 0.25) is 0 Å². The zero-order valence-corrected chi connectivity index (χ0v) is 3.20. The Labute approximate surface area is 36.6 Å². The van der Waals surface area contributed by atoms with Gasteiger partial charge in [0, 0.05) is 0 Å². The normalized spacial score (nSPS) is 0. The van der Waals surface area contributed by atoms with Crippen LogP contribution in [-0.4, -0.2) is 0 Å². The molecule has 0 saturated heterocycles. The molecule has 0 aromatic carbocycles. The fourth-order valence-corrected chi connectivity index (χ4v) is 0. The van der Waals surface area contributed by atoms with E-state index in [0.29, 0.717) is 0 Å². The van der Waals surface area contributed by atoms with Crippen LogP contribution in [0.4, 0.5) is 0 Å². The Morgan fingerprint density at radius 1 is 0.500 bits per heavy atom. The molecule has 1 radical (unpaired) electrons. The van der Waals surface area contributed by atoms with Gasteiger partial charge in [-0.05, 0) is 0 Å². The first-order valence-electron chi connectivity index (χ1n) is 0. The van der Waals surface area contributed by atoms with E-state index in [1.165, 1.54) is 0 Å². The van der Waals surface area contributed by atoms with E-state index in [0.717, 1.165) is 0 Å². The van der Waals surface area contributed by atoms with Gasteiger partial charge in [-0.15, -0.1) is 0 Å². The molecule has 4 heteroatoms. The third-order valence-electron chi connectivity index (χ3n) is 0. The first-order valence-corrected chi connectivity index (χ1v) is 0. The molecular weight excluding hydrogens is 105 g/mol. The van der Waals surface area contributed by atoms with Gasteiger partial charge in [0.1, 0.15) is 0 Å². The molecule has 0 aromatic rings. The number of rotatable bonds is 0. The predicted molar refractivity (Wildman–Crippen MR) is 0 cm³/mol. The van der Waals surface area contributed by atoms with Gasteiger partial charge in [0.25, 0.3) is 0 Å². The van der Waals surface area contributed by atoms with E-state index in [1.54, 1.807) is 0 Å². The van der Waals surface area contributed by atoms with Crippen LogP contribution in [0.3, 0.4) is 0 Å². The summed E-state index contributed by atoms with van der Waals surface area (Å²) in [5.74, 6) is 0. The molecule has 0 amide bonds. The van der Waals surface area contributed by atoms with Crippen molar-refractivity contribution >= 4 is 0 Å². The maximum Gasteiger partial charge on any atom is 3.00 e. The Hall–Kier alpha value is 0.504. The van der Waals surface area contributed by atoms with Gasteiger partial charge in [0.05, 0.1) is 0 Å². The molecule has 0 unspecified atom stereocenters. The number of hydrogen-bond donors (Lipinski definition) is 0. The number of hydrogen-bond acceptors (Lipinski definition) is 0. The fraction of sp³-hybridized carbons (Fsp3) is 0. The van der Waals surface area contributed by atoms with Crippen molar-refractivity contribution in [1.29, 1.82) is 0 Å². The monoisotopic (exact) mass is 105 g/mol. The van der Waals surface area contributed by atoms with Crippen LogP contribution in [0.15, 0.2) is 0 Å². The average molecular weight is 105 g/mol. The zero-order valence-electron chi connectivity index (χ0n) is 1.63. The third kappa shape index (κ3) is 22.3. The molecule has 0 spiro atoms. The van der Waals surface area contributed by atoms with Gasteiger partial charge in [-0.25, -0.2) is 0 Å². The van der Waals surface area contributed by atoms with Gasteiger partial charge in [-0.3, -0.25) is 0 Å². The van der Waals surface area contributed by atoms with Crippen molar-refractivity contribution in [2.75, 3.05) is 0 Å². The van der Waals surface area contributed by atoms with E-state index >= 15 is 0 Å². The Balaban J connectivity index is 0. The minimum atomic E-state index is 0. The maximum absolute atomic E-state index is 0. The van der Waals surface area contributed by atoms with Crippen LogP contribution in [0.25, 0.3) is 0 Å². The van der Waals surface area contributed by atoms with Crippen LogP contribution < -0.4 is 14.1 Å². The van der Waals surface area contributed by atoms with Crippen LogP contribution in [0.5, 0.6) is 0 Å². The van der Waals surface area contributed by atoms with Crippen molar-refractivity contribution in [3.8, 4) is 0 Å². The molecule has 0 nitrogen and oxygen atoms in total. The minimum Gasteiger partial charge on any atom is -1.00 e. The second-order valence-corrected chi connectivity index (χ2v) is 0. The van der Waals surface area contributed by atoms with E-state index in [1.807, 2.05) is 0 Å². The van der Waals surface area contributed by atoms with Crippen LogP contribution in [0.1, 0.15) is 0 Å². The van der Waals surface area contributed by atoms with E-state index < -0.39 is 0 Å². The summed E-state index contributed by atoms with van der Waals surface area (Å²) in [5.41, 5.74) is 0.